The van der Waals surface area contributed by atoms with Gasteiger partial charge in [-0.1, -0.05) is 42.1 Å². The topological polar surface area (TPSA) is 37.4 Å². The number of hydrogen-bond acceptors (Lipinski definition) is 2. The third kappa shape index (κ3) is 3.23. The molecule has 0 unspecified atom stereocenters. The van der Waals surface area contributed by atoms with E-state index in [9.17, 15) is 12.8 Å². The molecule has 0 radical (unpaired) electrons. The monoisotopic (exact) mass is 363 g/mol. The van der Waals surface area contributed by atoms with Crippen LogP contribution in [0.3, 0.4) is 0 Å². The first-order chi connectivity index (χ1) is 9.46. The Hall–Kier alpha value is -0.460. The van der Waals surface area contributed by atoms with Crippen molar-refractivity contribution in [1.82, 2.24) is 4.31 Å². The van der Waals surface area contributed by atoms with Crippen LogP contribution in [-0.2, 0) is 10.0 Å². The second kappa shape index (κ2) is 6.54. The van der Waals surface area contributed by atoms with E-state index in [2.05, 4.69) is 15.9 Å². The second-order valence-electron chi connectivity index (χ2n) is 5.07. The maximum Gasteiger partial charge on any atom is 0.246 e. The molecule has 112 valence electrons. The van der Waals surface area contributed by atoms with E-state index in [0.29, 0.717) is 11.0 Å². The zero-order valence-electron chi connectivity index (χ0n) is 11.5. The maximum absolute atomic E-state index is 14.0. The molecule has 0 N–H and O–H groups in total. The van der Waals surface area contributed by atoms with Crippen LogP contribution in [0.5, 0.6) is 0 Å². The van der Waals surface area contributed by atoms with E-state index in [1.807, 2.05) is 6.92 Å². The highest BCUT2D eigenvalue weighted by Gasteiger charge is 2.32. The van der Waals surface area contributed by atoms with Crippen molar-refractivity contribution in [2.75, 3.05) is 6.54 Å². The maximum atomic E-state index is 14.0. The van der Waals surface area contributed by atoms with Crippen molar-refractivity contribution in [3.63, 3.8) is 0 Å². The fraction of sp³-hybridized carbons (Fsp3) is 0.571. The van der Waals surface area contributed by atoms with Gasteiger partial charge in [0.15, 0.2) is 0 Å². The predicted molar refractivity (Wildman–Crippen MR) is 80.5 cm³/mol. The third-order valence-corrected chi connectivity index (χ3v) is 6.33. The van der Waals surface area contributed by atoms with Crippen molar-refractivity contribution in [2.24, 2.45) is 0 Å². The average molecular weight is 364 g/mol. The standard InChI is InChI=1S/C14H19BrFNO2S/c1-2-17(12-6-4-3-5-7-12)20(18,19)14-9-8-11(15)10-13(14)16/h8-10,12H,2-7H2,1H3. The second-order valence-corrected chi connectivity index (χ2v) is 7.85. The molecule has 1 aromatic rings. The molecule has 0 heterocycles. The summed E-state index contributed by atoms with van der Waals surface area (Å²) in [6.45, 7) is 2.19. The number of nitrogens with zero attached hydrogens (tertiary/aromatic N) is 1. The zero-order valence-corrected chi connectivity index (χ0v) is 13.9. The molecular weight excluding hydrogens is 345 g/mol. The van der Waals surface area contributed by atoms with Crippen LogP contribution in [0.25, 0.3) is 0 Å². The van der Waals surface area contributed by atoms with E-state index >= 15 is 0 Å². The summed E-state index contributed by atoms with van der Waals surface area (Å²) in [5.41, 5.74) is 0. The largest absolute Gasteiger partial charge is 0.246 e. The summed E-state index contributed by atoms with van der Waals surface area (Å²) in [6, 6.07) is 4.09. The highest BCUT2D eigenvalue weighted by atomic mass is 79.9. The molecule has 1 saturated carbocycles. The molecule has 1 aromatic carbocycles. The van der Waals surface area contributed by atoms with Gasteiger partial charge in [0.25, 0.3) is 0 Å². The minimum atomic E-state index is -3.76. The van der Waals surface area contributed by atoms with Gasteiger partial charge in [-0.3, -0.25) is 0 Å². The van der Waals surface area contributed by atoms with Crippen molar-refractivity contribution < 1.29 is 12.8 Å². The van der Waals surface area contributed by atoms with Crippen LogP contribution in [0.1, 0.15) is 39.0 Å². The first-order valence-electron chi connectivity index (χ1n) is 6.93. The fourth-order valence-corrected chi connectivity index (χ4v) is 4.88. The van der Waals surface area contributed by atoms with E-state index in [0.717, 1.165) is 32.1 Å². The molecule has 0 spiro atoms. The molecule has 1 fully saturated rings. The molecule has 1 aliphatic rings. The minimum absolute atomic E-state index is 0.00166. The van der Waals surface area contributed by atoms with Gasteiger partial charge >= 0.3 is 0 Å². The lowest BCUT2D eigenvalue weighted by Gasteiger charge is -2.32. The Morgan fingerprint density at radius 2 is 1.95 bits per heavy atom. The van der Waals surface area contributed by atoms with Gasteiger partial charge < -0.3 is 0 Å². The first-order valence-corrected chi connectivity index (χ1v) is 9.17. The van der Waals surface area contributed by atoms with Crippen molar-refractivity contribution in [1.29, 1.82) is 0 Å². The summed E-state index contributed by atoms with van der Waals surface area (Å²) in [6.07, 6.45) is 4.97. The molecule has 0 bridgehead atoms. The molecule has 6 heteroatoms. The van der Waals surface area contributed by atoms with Crippen molar-refractivity contribution in [3.05, 3.63) is 28.5 Å². The van der Waals surface area contributed by atoms with E-state index in [-0.39, 0.29) is 10.9 Å². The SMILES string of the molecule is CCN(C1CCCCC1)S(=O)(=O)c1ccc(Br)cc1F. The van der Waals surface area contributed by atoms with Crippen molar-refractivity contribution in [3.8, 4) is 0 Å². The van der Waals surface area contributed by atoms with E-state index in [4.69, 9.17) is 0 Å². The molecular formula is C14H19BrFNO2S. The summed E-state index contributed by atoms with van der Waals surface area (Å²) in [5.74, 6) is -0.700. The number of halogens is 2. The highest BCUT2D eigenvalue weighted by molar-refractivity contribution is 9.10. The van der Waals surface area contributed by atoms with Crippen LogP contribution in [-0.4, -0.2) is 25.3 Å². The van der Waals surface area contributed by atoms with Gasteiger partial charge in [-0.15, -0.1) is 0 Å². The van der Waals surface area contributed by atoms with Gasteiger partial charge in [-0.05, 0) is 31.0 Å². The van der Waals surface area contributed by atoms with Crippen LogP contribution < -0.4 is 0 Å². The molecule has 0 aliphatic heterocycles. The molecule has 0 atom stereocenters. The predicted octanol–water partition coefficient (Wildman–Crippen LogP) is 3.93. The molecule has 1 aliphatic carbocycles. The normalized spacial score (nSPS) is 17.6. The van der Waals surface area contributed by atoms with Crippen LogP contribution in [0.2, 0.25) is 0 Å². The number of benzene rings is 1. The number of rotatable bonds is 4. The number of hydrogen-bond donors (Lipinski definition) is 0. The quantitative estimate of drug-likeness (QED) is 0.812. The fourth-order valence-electron chi connectivity index (χ4n) is 2.80. The van der Waals surface area contributed by atoms with Crippen LogP contribution >= 0.6 is 15.9 Å². The Bertz CT molecular complexity index is 571. The Morgan fingerprint density at radius 3 is 2.50 bits per heavy atom. The van der Waals surface area contributed by atoms with E-state index in [1.165, 1.54) is 16.4 Å². The summed E-state index contributed by atoms with van der Waals surface area (Å²) in [7, 11) is -3.76. The Labute approximate surface area is 128 Å². The van der Waals surface area contributed by atoms with Gasteiger partial charge in [0, 0.05) is 17.1 Å². The lowest BCUT2D eigenvalue weighted by molar-refractivity contribution is 0.260. The summed E-state index contributed by atoms with van der Waals surface area (Å²) in [4.78, 5) is -0.229. The molecule has 0 amide bonds. The Morgan fingerprint density at radius 1 is 1.30 bits per heavy atom. The van der Waals surface area contributed by atoms with E-state index in [1.54, 1.807) is 6.07 Å². The first kappa shape index (κ1) is 15.9. The van der Waals surface area contributed by atoms with Gasteiger partial charge in [-0.25, -0.2) is 12.8 Å². The minimum Gasteiger partial charge on any atom is -0.207 e. The van der Waals surface area contributed by atoms with Gasteiger partial charge in [0.05, 0.1) is 0 Å². The lowest BCUT2D eigenvalue weighted by atomic mass is 9.95. The highest BCUT2D eigenvalue weighted by Crippen LogP contribution is 2.29. The average Bonchev–Trinajstić information content (AvgIpc) is 2.40. The van der Waals surface area contributed by atoms with Crippen LogP contribution in [0.15, 0.2) is 27.6 Å². The zero-order chi connectivity index (χ0) is 14.8. The molecule has 2 rings (SSSR count). The van der Waals surface area contributed by atoms with Crippen LogP contribution in [0, 0.1) is 5.82 Å². The van der Waals surface area contributed by atoms with Gasteiger partial charge in [-0.2, -0.15) is 4.31 Å². The van der Waals surface area contributed by atoms with Gasteiger partial charge in [0.2, 0.25) is 10.0 Å². The van der Waals surface area contributed by atoms with Crippen molar-refractivity contribution in [2.45, 2.75) is 50.0 Å². The van der Waals surface area contributed by atoms with Gasteiger partial charge in [0.1, 0.15) is 10.7 Å². The third-order valence-electron chi connectivity index (χ3n) is 3.77. The number of sulfonamides is 1. The summed E-state index contributed by atoms with van der Waals surface area (Å²) < 4.78 is 41.3. The molecule has 20 heavy (non-hydrogen) atoms. The molecule has 0 saturated heterocycles. The van der Waals surface area contributed by atoms with E-state index < -0.39 is 15.8 Å². The lowest BCUT2D eigenvalue weighted by Crippen LogP contribution is -2.41. The Balaban J connectivity index is 2.35. The summed E-state index contributed by atoms with van der Waals surface area (Å²) >= 11 is 3.15. The molecule has 0 aromatic heterocycles. The molecule has 3 nitrogen and oxygen atoms in total. The summed E-state index contributed by atoms with van der Waals surface area (Å²) in [5, 5.41) is 0. The smallest absolute Gasteiger partial charge is 0.207 e. The Kier molecular flexibility index (Phi) is 5.20. The van der Waals surface area contributed by atoms with Crippen molar-refractivity contribution >= 4 is 26.0 Å². The van der Waals surface area contributed by atoms with Crippen LogP contribution in [0.4, 0.5) is 4.39 Å².